The van der Waals surface area contributed by atoms with Crippen LogP contribution in [-0.4, -0.2) is 47.8 Å². The highest BCUT2D eigenvalue weighted by atomic mass is 16.3. The van der Waals surface area contributed by atoms with Gasteiger partial charge in [-0.15, -0.1) is 0 Å². The van der Waals surface area contributed by atoms with Gasteiger partial charge in [0.05, 0.1) is 5.60 Å². The zero-order valence-electron chi connectivity index (χ0n) is 11.7. The molecule has 0 fully saturated rings. The fourth-order valence-electron chi connectivity index (χ4n) is 1.69. The Morgan fingerprint density at radius 1 is 1.31 bits per heavy atom. The lowest BCUT2D eigenvalue weighted by Gasteiger charge is -2.31. The van der Waals surface area contributed by atoms with Crippen molar-refractivity contribution >= 4 is 0 Å². The summed E-state index contributed by atoms with van der Waals surface area (Å²) in [4.78, 5) is 2.32. The van der Waals surface area contributed by atoms with Gasteiger partial charge in [0, 0.05) is 19.1 Å². The number of likely N-dealkylation sites (N-methyl/N-ethyl adjacent to an activating group) is 1. The first-order valence-corrected chi connectivity index (χ1v) is 6.59. The molecule has 0 radical (unpaired) electrons. The van der Waals surface area contributed by atoms with Crippen molar-refractivity contribution < 1.29 is 5.11 Å². The maximum absolute atomic E-state index is 10.3. The molecule has 0 aromatic rings. The van der Waals surface area contributed by atoms with Gasteiger partial charge in [0.25, 0.3) is 0 Å². The summed E-state index contributed by atoms with van der Waals surface area (Å²) >= 11 is 0. The van der Waals surface area contributed by atoms with Gasteiger partial charge in [-0.2, -0.15) is 0 Å². The van der Waals surface area contributed by atoms with Gasteiger partial charge in [0.1, 0.15) is 0 Å². The van der Waals surface area contributed by atoms with E-state index in [0.717, 1.165) is 19.6 Å². The van der Waals surface area contributed by atoms with Crippen LogP contribution in [0.15, 0.2) is 0 Å². The van der Waals surface area contributed by atoms with Crippen molar-refractivity contribution in [2.45, 2.75) is 59.1 Å². The van der Waals surface area contributed by atoms with E-state index < -0.39 is 5.60 Å². The van der Waals surface area contributed by atoms with Crippen LogP contribution in [0.3, 0.4) is 0 Å². The molecular weight excluding hydrogens is 200 g/mol. The van der Waals surface area contributed by atoms with Crippen LogP contribution >= 0.6 is 0 Å². The molecule has 0 bridgehead atoms. The van der Waals surface area contributed by atoms with Gasteiger partial charge in [-0.25, -0.2) is 0 Å². The largest absolute Gasteiger partial charge is 0.388 e. The Bertz CT molecular complexity index is 169. The second-order valence-corrected chi connectivity index (χ2v) is 5.25. The first-order valence-electron chi connectivity index (χ1n) is 6.59. The van der Waals surface area contributed by atoms with E-state index in [2.05, 4.69) is 37.9 Å². The predicted octanol–water partition coefficient (Wildman–Crippen LogP) is 1.86. The highest BCUT2D eigenvalue weighted by molar-refractivity contribution is 4.80. The van der Waals surface area contributed by atoms with Gasteiger partial charge in [0.15, 0.2) is 0 Å². The normalized spacial score (nSPS) is 15.8. The van der Waals surface area contributed by atoms with E-state index in [1.54, 1.807) is 0 Å². The highest BCUT2D eigenvalue weighted by Gasteiger charge is 2.23. The number of rotatable bonds is 9. The molecule has 1 atom stereocenters. The average Bonchev–Trinajstić information content (AvgIpc) is 2.21. The van der Waals surface area contributed by atoms with Crippen molar-refractivity contribution in [2.75, 3.05) is 26.2 Å². The average molecular weight is 230 g/mol. The number of hydrogen-bond donors (Lipinski definition) is 2. The summed E-state index contributed by atoms with van der Waals surface area (Å²) in [6, 6.07) is 0.428. The van der Waals surface area contributed by atoms with Gasteiger partial charge >= 0.3 is 0 Å². The molecule has 0 saturated carbocycles. The molecule has 0 aliphatic carbocycles. The van der Waals surface area contributed by atoms with Crippen LogP contribution in [0.2, 0.25) is 0 Å². The van der Waals surface area contributed by atoms with Gasteiger partial charge < -0.3 is 15.3 Å². The molecule has 3 heteroatoms. The number of aliphatic hydroxyl groups is 1. The number of nitrogens with zero attached hydrogens (tertiary/aromatic N) is 1. The van der Waals surface area contributed by atoms with E-state index in [4.69, 9.17) is 0 Å². The summed E-state index contributed by atoms with van der Waals surface area (Å²) in [6.45, 7) is 14.0. The molecule has 0 spiro atoms. The molecule has 98 valence electrons. The second kappa shape index (κ2) is 8.04. The quantitative estimate of drug-likeness (QED) is 0.634. The van der Waals surface area contributed by atoms with Crippen LogP contribution in [-0.2, 0) is 0 Å². The first-order chi connectivity index (χ1) is 7.41. The lowest BCUT2D eigenvalue weighted by Crippen LogP contribution is -2.49. The third kappa shape index (κ3) is 8.08. The van der Waals surface area contributed by atoms with Crippen LogP contribution in [0.25, 0.3) is 0 Å². The Balaban J connectivity index is 3.98. The van der Waals surface area contributed by atoms with Gasteiger partial charge in [-0.3, -0.25) is 0 Å². The van der Waals surface area contributed by atoms with E-state index in [1.807, 2.05) is 6.92 Å². The van der Waals surface area contributed by atoms with E-state index in [1.165, 1.54) is 12.8 Å². The van der Waals surface area contributed by atoms with E-state index in [-0.39, 0.29) is 0 Å². The lowest BCUT2D eigenvalue weighted by atomic mass is 10.1. The Labute approximate surface area is 101 Å². The Morgan fingerprint density at radius 2 is 1.94 bits per heavy atom. The predicted molar refractivity (Wildman–Crippen MR) is 70.8 cm³/mol. The monoisotopic (exact) mass is 230 g/mol. The molecular formula is C13H30N2O. The van der Waals surface area contributed by atoms with Crippen LogP contribution in [0, 0.1) is 0 Å². The smallest absolute Gasteiger partial charge is 0.0869 e. The van der Waals surface area contributed by atoms with E-state index in [0.29, 0.717) is 12.6 Å². The van der Waals surface area contributed by atoms with Crippen molar-refractivity contribution in [3.63, 3.8) is 0 Å². The summed E-state index contributed by atoms with van der Waals surface area (Å²) in [5.41, 5.74) is -0.631. The third-order valence-electron chi connectivity index (χ3n) is 2.73. The van der Waals surface area contributed by atoms with Crippen LogP contribution < -0.4 is 5.32 Å². The zero-order chi connectivity index (χ0) is 12.6. The van der Waals surface area contributed by atoms with Crippen molar-refractivity contribution in [1.82, 2.24) is 10.2 Å². The van der Waals surface area contributed by atoms with E-state index in [9.17, 15) is 5.11 Å². The van der Waals surface area contributed by atoms with Crippen molar-refractivity contribution in [3.05, 3.63) is 0 Å². The van der Waals surface area contributed by atoms with Gasteiger partial charge in [0.2, 0.25) is 0 Å². The molecule has 0 heterocycles. The molecule has 0 saturated heterocycles. The number of nitrogens with one attached hydrogen (secondary N) is 1. The molecule has 0 aromatic carbocycles. The Hall–Kier alpha value is -0.120. The first kappa shape index (κ1) is 15.9. The number of hydrogen-bond acceptors (Lipinski definition) is 3. The Morgan fingerprint density at radius 3 is 2.38 bits per heavy atom. The minimum Gasteiger partial charge on any atom is -0.388 e. The molecule has 0 aromatic heterocycles. The minimum atomic E-state index is -0.631. The molecule has 16 heavy (non-hydrogen) atoms. The second-order valence-electron chi connectivity index (χ2n) is 5.25. The lowest BCUT2D eigenvalue weighted by molar-refractivity contribution is 0.0197. The van der Waals surface area contributed by atoms with Crippen LogP contribution in [0.5, 0.6) is 0 Å². The van der Waals surface area contributed by atoms with Gasteiger partial charge in [-0.05, 0) is 26.4 Å². The fourth-order valence-corrected chi connectivity index (χ4v) is 1.69. The van der Waals surface area contributed by atoms with Crippen molar-refractivity contribution in [1.29, 1.82) is 0 Å². The molecule has 2 N–H and O–H groups in total. The topological polar surface area (TPSA) is 35.5 Å². The fraction of sp³-hybridized carbons (Fsp3) is 1.00. The summed E-state index contributed by atoms with van der Waals surface area (Å²) in [5, 5.41) is 13.6. The van der Waals surface area contributed by atoms with E-state index >= 15 is 0 Å². The summed E-state index contributed by atoms with van der Waals surface area (Å²) in [7, 11) is 0. The maximum Gasteiger partial charge on any atom is 0.0869 e. The molecule has 0 aliphatic heterocycles. The Kier molecular flexibility index (Phi) is 7.98. The van der Waals surface area contributed by atoms with Crippen molar-refractivity contribution in [2.24, 2.45) is 0 Å². The summed E-state index contributed by atoms with van der Waals surface area (Å²) in [6.07, 6.45) is 2.42. The highest BCUT2D eigenvalue weighted by Crippen LogP contribution is 2.07. The molecule has 0 aliphatic rings. The minimum absolute atomic E-state index is 0.428. The SMILES string of the molecule is CCCCN(CC)CC(C)(O)CNC(C)C. The van der Waals surface area contributed by atoms with Crippen molar-refractivity contribution in [3.8, 4) is 0 Å². The molecule has 3 nitrogen and oxygen atoms in total. The third-order valence-corrected chi connectivity index (χ3v) is 2.73. The molecule has 1 unspecified atom stereocenters. The standard InChI is InChI=1S/C13H30N2O/c1-6-8-9-15(7-2)11-13(5,16)10-14-12(3)4/h12,14,16H,6-11H2,1-5H3. The van der Waals surface area contributed by atoms with Gasteiger partial charge in [-0.1, -0.05) is 34.1 Å². The number of unbranched alkanes of at least 4 members (excludes halogenated alkanes) is 1. The maximum atomic E-state index is 10.3. The summed E-state index contributed by atoms with van der Waals surface area (Å²) in [5.74, 6) is 0. The molecule has 0 amide bonds. The zero-order valence-corrected chi connectivity index (χ0v) is 11.7. The van der Waals surface area contributed by atoms with Crippen LogP contribution in [0.4, 0.5) is 0 Å². The molecule has 0 rings (SSSR count). The van der Waals surface area contributed by atoms with Crippen LogP contribution in [0.1, 0.15) is 47.5 Å². The summed E-state index contributed by atoms with van der Waals surface area (Å²) < 4.78 is 0.